The summed E-state index contributed by atoms with van der Waals surface area (Å²) < 4.78 is 38.8. The Morgan fingerprint density at radius 3 is 2.52 bits per heavy atom. The van der Waals surface area contributed by atoms with Gasteiger partial charge in [0, 0.05) is 0 Å². The molecule has 27 heavy (non-hydrogen) atoms. The average molecular weight is 408 g/mol. The molecule has 0 spiro atoms. The highest BCUT2D eigenvalue weighted by molar-refractivity contribution is 8.27. The van der Waals surface area contributed by atoms with Gasteiger partial charge in [0.25, 0.3) is 5.91 Å². The SMILES string of the molecule is O=C([O-])c1cccc(/C=C2/SC(=S)N(c3cccc(C(F)(F)F)c3)C2=O)c1. The zero-order chi connectivity index (χ0) is 19.8. The Balaban J connectivity index is 1.94. The quantitative estimate of drug-likeness (QED) is 0.575. The molecular weight excluding hydrogens is 399 g/mol. The van der Waals surface area contributed by atoms with Crippen LogP contribution in [0.2, 0.25) is 0 Å². The molecule has 1 fully saturated rings. The minimum Gasteiger partial charge on any atom is -0.545 e. The summed E-state index contributed by atoms with van der Waals surface area (Å²) in [6, 6.07) is 10.1. The van der Waals surface area contributed by atoms with Crippen LogP contribution < -0.4 is 10.0 Å². The molecule has 1 aliphatic rings. The minimum atomic E-state index is -4.54. The molecule has 0 atom stereocenters. The van der Waals surface area contributed by atoms with Crippen molar-refractivity contribution < 1.29 is 27.9 Å². The highest BCUT2D eigenvalue weighted by Crippen LogP contribution is 2.38. The van der Waals surface area contributed by atoms with Gasteiger partial charge in [-0.25, -0.2) is 0 Å². The first-order valence-electron chi connectivity index (χ1n) is 7.43. The Morgan fingerprint density at radius 1 is 1.15 bits per heavy atom. The maximum absolute atomic E-state index is 12.9. The number of carboxylic acid groups (broad SMARTS) is 1. The molecule has 0 unspecified atom stereocenters. The lowest BCUT2D eigenvalue weighted by molar-refractivity contribution is -0.255. The second-order valence-electron chi connectivity index (χ2n) is 5.48. The highest BCUT2D eigenvalue weighted by Gasteiger charge is 2.36. The van der Waals surface area contributed by atoms with Crippen molar-refractivity contribution in [3.8, 4) is 0 Å². The molecule has 0 radical (unpaired) electrons. The molecule has 0 saturated carbocycles. The van der Waals surface area contributed by atoms with Gasteiger partial charge in [0.15, 0.2) is 4.32 Å². The van der Waals surface area contributed by atoms with Gasteiger partial charge in [-0.05, 0) is 41.5 Å². The van der Waals surface area contributed by atoms with Crippen LogP contribution in [0.15, 0.2) is 53.4 Å². The summed E-state index contributed by atoms with van der Waals surface area (Å²) in [6.45, 7) is 0. The van der Waals surface area contributed by atoms with Crippen LogP contribution in [0.1, 0.15) is 21.5 Å². The first-order chi connectivity index (χ1) is 12.7. The van der Waals surface area contributed by atoms with Crippen molar-refractivity contribution in [1.82, 2.24) is 0 Å². The molecule has 3 rings (SSSR count). The standard InChI is InChI=1S/C18H10F3NO3S2/c19-18(20,21)12-5-2-6-13(9-12)22-15(23)14(27-17(22)26)8-10-3-1-4-11(7-10)16(24)25/h1-9H,(H,24,25)/p-1/b14-8+. The van der Waals surface area contributed by atoms with Gasteiger partial charge in [0.2, 0.25) is 0 Å². The number of carbonyl (C=O) groups is 2. The van der Waals surface area contributed by atoms with Crippen LogP contribution in [-0.2, 0) is 11.0 Å². The number of nitrogens with zero attached hydrogens (tertiary/aromatic N) is 1. The van der Waals surface area contributed by atoms with Crippen LogP contribution in [-0.4, -0.2) is 16.2 Å². The smallest absolute Gasteiger partial charge is 0.416 e. The molecule has 2 aromatic rings. The van der Waals surface area contributed by atoms with E-state index in [0.29, 0.717) is 5.56 Å². The van der Waals surface area contributed by atoms with E-state index in [1.165, 1.54) is 36.4 Å². The molecule has 0 aliphatic carbocycles. The lowest BCUT2D eigenvalue weighted by Crippen LogP contribution is -2.27. The van der Waals surface area contributed by atoms with Crippen molar-refractivity contribution in [2.45, 2.75) is 6.18 Å². The highest BCUT2D eigenvalue weighted by atomic mass is 32.2. The molecule has 138 valence electrons. The summed E-state index contributed by atoms with van der Waals surface area (Å²) in [6.07, 6.45) is -3.11. The van der Waals surface area contributed by atoms with E-state index in [4.69, 9.17) is 12.2 Å². The van der Waals surface area contributed by atoms with E-state index in [1.807, 2.05) is 0 Å². The summed E-state index contributed by atoms with van der Waals surface area (Å²) in [4.78, 5) is 24.8. The molecule has 1 saturated heterocycles. The average Bonchev–Trinajstić information content (AvgIpc) is 2.88. The maximum atomic E-state index is 12.9. The normalized spacial score (nSPS) is 16.3. The van der Waals surface area contributed by atoms with Crippen LogP contribution in [0.3, 0.4) is 0 Å². The zero-order valence-corrected chi connectivity index (χ0v) is 15.0. The van der Waals surface area contributed by atoms with Gasteiger partial charge in [-0.2, -0.15) is 13.2 Å². The van der Waals surface area contributed by atoms with Crippen molar-refractivity contribution in [2.24, 2.45) is 0 Å². The van der Waals surface area contributed by atoms with E-state index in [0.717, 1.165) is 28.8 Å². The van der Waals surface area contributed by atoms with Gasteiger partial charge < -0.3 is 9.90 Å². The zero-order valence-electron chi connectivity index (χ0n) is 13.3. The number of hydrogen-bond donors (Lipinski definition) is 0. The number of hydrogen-bond acceptors (Lipinski definition) is 5. The maximum Gasteiger partial charge on any atom is 0.416 e. The number of carbonyl (C=O) groups excluding carboxylic acids is 2. The third-order valence-corrected chi connectivity index (χ3v) is 4.95. The molecule has 9 heteroatoms. The summed E-state index contributed by atoms with van der Waals surface area (Å²) in [5.41, 5.74) is -0.503. The van der Waals surface area contributed by atoms with Crippen molar-refractivity contribution in [3.05, 3.63) is 70.1 Å². The number of halogens is 3. The van der Waals surface area contributed by atoms with Crippen molar-refractivity contribution in [1.29, 1.82) is 0 Å². The number of rotatable bonds is 3. The summed E-state index contributed by atoms with van der Waals surface area (Å²) in [5.74, 6) is -1.94. The molecule has 1 amide bonds. The van der Waals surface area contributed by atoms with Crippen LogP contribution >= 0.6 is 24.0 Å². The minimum absolute atomic E-state index is 0.0132. The van der Waals surface area contributed by atoms with Crippen LogP contribution in [0.25, 0.3) is 6.08 Å². The summed E-state index contributed by atoms with van der Waals surface area (Å²) in [7, 11) is 0. The monoisotopic (exact) mass is 408 g/mol. The Hall–Kier alpha value is -2.65. The summed E-state index contributed by atoms with van der Waals surface area (Å²) in [5, 5.41) is 10.9. The largest absolute Gasteiger partial charge is 0.545 e. The van der Waals surface area contributed by atoms with Gasteiger partial charge in [-0.15, -0.1) is 0 Å². The second kappa shape index (κ2) is 7.16. The second-order valence-corrected chi connectivity index (χ2v) is 7.15. The molecule has 1 heterocycles. The number of alkyl halides is 3. The van der Waals surface area contributed by atoms with E-state index in [-0.39, 0.29) is 20.5 Å². The van der Waals surface area contributed by atoms with Crippen molar-refractivity contribution >= 4 is 51.9 Å². The first-order valence-corrected chi connectivity index (χ1v) is 8.66. The molecule has 0 bridgehead atoms. The lowest BCUT2D eigenvalue weighted by Gasteiger charge is -2.16. The first kappa shape index (κ1) is 19.1. The number of amides is 1. The number of carboxylic acids is 1. The molecule has 1 aliphatic heterocycles. The fourth-order valence-electron chi connectivity index (χ4n) is 2.42. The lowest BCUT2D eigenvalue weighted by atomic mass is 10.1. The van der Waals surface area contributed by atoms with E-state index in [1.54, 1.807) is 6.07 Å². The summed E-state index contributed by atoms with van der Waals surface area (Å²) >= 11 is 6.06. The fraction of sp³-hybridized carbons (Fsp3) is 0.0556. The van der Waals surface area contributed by atoms with Gasteiger partial charge in [-0.1, -0.05) is 48.2 Å². The van der Waals surface area contributed by atoms with Gasteiger partial charge in [-0.3, -0.25) is 9.69 Å². The van der Waals surface area contributed by atoms with Gasteiger partial charge in [0.1, 0.15) is 0 Å². The Kier molecular flexibility index (Phi) is 5.07. The van der Waals surface area contributed by atoms with Gasteiger partial charge >= 0.3 is 6.18 Å². The van der Waals surface area contributed by atoms with Crippen LogP contribution in [0.4, 0.5) is 18.9 Å². The third-order valence-electron chi connectivity index (χ3n) is 3.65. The number of aromatic carboxylic acids is 1. The van der Waals surface area contributed by atoms with E-state index in [9.17, 15) is 27.9 Å². The molecule has 2 aromatic carbocycles. The van der Waals surface area contributed by atoms with Crippen LogP contribution in [0.5, 0.6) is 0 Å². The third kappa shape index (κ3) is 4.04. The van der Waals surface area contributed by atoms with E-state index in [2.05, 4.69) is 0 Å². The molecular formula is C18H9F3NO3S2-. The van der Waals surface area contributed by atoms with Crippen molar-refractivity contribution in [3.63, 3.8) is 0 Å². The Labute approximate surface area is 161 Å². The molecule has 0 N–H and O–H groups in total. The van der Waals surface area contributed by atoms with Gasteiger partial charge in [0.05, 0.1) is 22.1 Å². The molecule has 4 nitrogen and oxygen atoms in total. The van der Waals surface area contributed by atoms with E-state index >= 15 is 0 Å². The Bertz CT molecular complexity index is 986. The van der Waals surface area contributed by atoms with Crippen LogP contribution in [0, 0.1) is 0 Å². The number of benzene rings is 2. The topological polar surface area (TPSA) is 60.4 Å². The van der Waals surface area contributed by atoms with E-state index < -0.39 is 23.6 Å². The number of anilines is 1. The Morgan fingerprint density at radius 2 is 1.85 bits per heavy atom. The number of thiocarbonyl (C=S) groups is 1. The number of thioether (sulfide) groups is 1. The molecule has 0 aromatic heterocycles. The van der Waals surface area contributed by atoms with Crippen molar-refractivity contribution in [2.75, 3.05) is 4.90 Å². The fourth-order valence-corrected chi connectivity index (χ4v) is 3.72. The predicted octanol–water partition coefficient (Wildman–Crippen LogP) is 3.47. The predicted molar refractivity (Wildman–Crippen MR) is 97.9 cm³/mol.